The van der Waals surface area contributed by atoms with Crippen molar-refractivity contribution in [2.75, 3.05) is 0 Å². The van der Waals surface area contributed by atoms with Crippen molar-refractivity contribution in [2.24, 2.45) is 0 Å². The lowest BCUT2D eigenvalue weighted by atomic mass is 9.93. The lowest BCUT2D eigenvalue weighted by molar-refractivity contribution is 0.0791. The molecule has 1 aromatic heterocycles. The van der Waals surface area contributed by atoms with Crippen LogP contribution in [0, 0.1) is 0 Å². The van der Waals surface area contributed by atoms with Crippen LogP contribution < -0.4 is 0 Å². The maximum absolute atomic E-state index is 10.6. The molecule has 0 fully saturated rings. The smallest absolute Gasteiger partial charge is 0.138 e. The number of imidazole rings is 1. The van der Waals surface area contributed by atoms with Gasteiger partial charge in [-0.2, -0.15) is 0 Å². The van der Waals surface area contributed by atoms with Crippen molar-refractivity contribution in [1.82, 2.24) is 9.97 Å². The number of aliphatic hydroxyl groups is 1. The van der Waals surface area contributed by atoms with Gasteiger partial charge in [-0.3, -0.25) is 0 Å². The largest absolute Gasteiger partial charge is 0.386 e. The Morgan fingerprint density at radius 3 is 2.00 bits per heavy atom. The van der Waals surface area contributed by atoms with E-state index in [-0.39, 0.29) is 0 Å². The number of benzene rings is 4. The fourth-order valence-electron chi connectivity index (χ4n) is 3.97. The van der Waals surface area contributed by atoms with Gasteiger partial charge in [0, 0.05) is 16.3 Å². The minimum Gasteiger partial charge on any atom is -0.386 e. The molecule has 0 radical (unpaired) electrons. The molecular formula is C24H20N2O. The summed E-state index contributed by atoms with van der Waals surface area (Å²) in [6, 6.07) is 24.7. The van der Waals surface area contributed by atoms with Gasteiger partial charge in [-0.15, -0.1) is 0 Å². The predicted octanol–water partition coefficient (Wildman–Crippen LogP) is 5.76. The molecule has 2 N–H and O–H groups in total. The number of aromatic amines is 1. The summed E-state index contributed by atoms with van der Waals surface area (Å²) < 4.78 is 0. The molecule has 0 spiro atoms. The van der Waals surface area contributed by atoms with Gasteiger partial charge in [-0.1, -0.05) is 72.8 Å². The number of hydrogen-bond donors (Lipinski definition) is 2. The highest BCUT2D eigenvalue weighted by molar-refractivity contribution is 6.23. The molecular weight excluding hydrogens is 332 g/mol. The van der Waals surface area contributed by atoms with Crippen molar-refractivity contribution in [3.05, 3.63) is 78.4 Å². The van der Waals surface area contributed by atoms with E-state index in [0.717, 1.165) is 38.8 Å². The standard InChI is InChI=1S/C24H20N2O/c1-24(2,27)20-14-8-7-13-19(20)23-25-21-17-11-5-3-9-15(17)16-10-4-6-12-18(16)22(21)26-23/h3-14,27H,1-2H3,(H,25,26). The number of H-pyrrole nitrogens is 1. The van der Waals surface area contributed by atoms with Crippen LogP contribution in [-0.2, 0) is 5.60 Å². The summed E-state index contributed by atoms with van der Waals surface area (Å²) in [5, 5.41) is 15.3. The van der Waals surface area contributed by atoms with E-state index in [2.05, 4.69) is 53.5 Å². The number of hydrogen-bond acceptors (Lipinski definition) is 2. The van der Waals surface area contributed by atoms with Crippen LogP contribution in [0.25, 0.3) is 44.0 Å². The summed E-state index contributed by atoms with van der Waals surface area (Å²) in [5.41, 5.74) is 2.83. The quantitative estimate of drug-likeness (QED) is 0.397. The normalized spacial score (nSPS) is 12.3. The SMILES string of the molecule is CC(C)(O)c1ccccc1-c1nc2c3ccccc3c3ccccc3c2[nH]1. The van der Waals surface area contributed by atoms with Crippen molar-refractivity contribution in [1.29, 1.82) is 0 Å². The molecule has 0 amide bonds. The number of nitrogens with one attached hydrogen (secondary N) is 1. The highest BCUT2D eigenvalue weighted by atomic mass is 16.3. The van der Waals surface area contributed by atoms with Crippen LogP contribution in [0.4, 0.5) is 0 Å². The number of nitrogens with zero attached hydrogens (tertiary/aromatic N) is 1. The Bertz CT molecular complexity index is 1240. The van der Waals surface area contributed by atoms with Crippen LogP contribution in [0.1, 0.15) is 19.4 Å². The van der Waals surface area contributed by atoms with Gasteiger partial charge in [-0.05, 0) is 30.2 Å². The molecule has 0 saturated heterocycles. The summed E-state index contributed by atoms with van der Waals surface area (Å²) >= 11 is 0. The summed E-state index contributed by atoms with van der Waals surface area (Å²) in [5.74, 6) is 0.782. The Morgan fingerprint density at radius 1 is 0.741 bits per heavy atom. The first-order valence-electron chi connectivity index (χ1n) is 9.15. The molecule has 0 bridgehead atoms. The molecule has 0 atom stereocenters. The lowest BCUT2D eigenvalue weighted by Gasteiger charge is -2.20. The van der Waals surface area contributed by atoms with Gasteiger partial charge in [0.1, 0.15) is 5.82 Å². The second-order valence-corrected chi connectivity index (χ2v) is 7.50. The minimum atomic E-state index is -0.945. The van der Waals surface area contributed by atoms with E-state index in [0.29, 0.717) is 0 Å². The van der Waals surface area contributed by atoms with Crippen LogP contribution in [0.15, 0.2) is 72.8 Å². The van der Waals surface area contributed by atoms with Crippen LogP contribution in [0.5, 0.6) is 0 Å². The monoisotopic (exact) mass is 352 g/mol. The maximum Gasteiger partial charge on any atom is 0.138 e. The summed E-state index contributed by atoms with van der Waals surface area (Å²) in [7, 11) is 0. The van der Waals surface area contributed by atoms with Crippen LogP contribution >= 0.6 is 0 Å². The van der Waals surface area contributed by atoms with Crippen molar-refractivity contribution in [3.8, 4) is 11.4 Å². The molecule has 0 aliphatic heterocycles. The highest BCUT2D eigenvalue weighted by Crippen LogP contribution is 2.37. The Balaban J connectivity index is 1.91. The summed E-state index contributed by atoms with van der Waals surface area (Å²) in [4.78, 5) is 8.51. The van der Waals surface area contributed by atoms with E-state index >= 15 is 0 Å². The molecule has 5 aromatic rings. The molecule has 27 heavy (non-hydrogen) atoms. The Morgan fingerprint density at radius 2 is 1.30 bits per heavy atom. The maximum atomic E-state index is 10.6. The molecule has 1 heterocycles. The predicted molar refractivity (Wildman–Crippen MR) is 112 cm³/mol. The molecule has 3 nitrogen and oxygen atoms in total. The number of fused-ring (bicyclic) bond motifs is 6. The van der Waals surface area contributed by atoms with Crippen LogP contribution in [0.3, 0.4) is 0 Å². The molecule has 0 unspecified atom stereocenters. The molecule has 132 valence electrons. The fourth-order valence-corrected chi connectivity index (χ4v) is 3.97. The Hall–Kier alpha value is -3.17. The van der Waals surface area contributed by atoms with Gasteiger partial charge in [-0.25, -0.2) is 4.98 Å². The second kappa shape index (κ2) is 5.66. The average molecular weight is 352 g/mol. The van der Waals surface area contributed by atoms with E-state index in [4.69, 9.17) is 4.98 Å². The molecule has 0 aliphatic carbocycles. The third kappa shape index (κ3) is 2.43. The number of aromatic nitrogens is 2. The second-order valence-electron chi connectivity index (χ2n) is 7.50. The zero-order chi connectivity index (χ0) is 18.6. The van der Waals surface area contributed by atoms with Crippen molar-refractivity contribution in [3.63, 3.8) is 0 Å². The number of rotatable bonds is 2. The first kappa shape index (κ1) is 16.0. The summed E-state index contributed by atoms with van der Waals surface area (Å²) in [6.07, 6.45) is 0. The highest BCUT2D eigenvalue weighted by Gasteiger charge is 2.22. The van der Waals surface area contributed by atoms with Gasteiger partial charge in [0.2, 0.25) is 0 Å². The molecule has 5 rings (SSSR count). The fraction of sp³-hybridized carbons (Fsp3) is 0.125. The topological polar surface area (TPSA) is 48.9 Å². The van der Waals surface area contributed by atoms with Crippen LogP contribution in [-0.4, -0.2) is 15.1 Å². The van der Waals surface area contributed by atoms with E-state index < -0.39 is 5.60 Å². The Labute approximate surface area is 157 Å². The zero-order valence-electron chi connectivity index (χ0n) is 15.3. The van der Waals surface area contributed by atoms with Gasteiger partial charge in [0.15, 0.2) is 0 Å². The molecule has 3 heteroatoms. The van der Waals surface area contributed by atoms with Gasteiger partial charge < -0.3 is 10.1 Å². The minimum absolute atomic E-state index is 0.782. The van der Waals surface area contributed by atoms with E-state index in [1.807, 2.05) is 24.3 Å². The van der Waals surface area contributed by atoms with Gasteiger partial charge >= 0.3 is 0 Å². The lowest BCUT2D eigenvalue weighted by Crippen LogP contribution is -2.16. The van der Waals surface area contributed by atoms with E-state index in [9.17, 15) is 5.11 Å². The van der Waals surface area contributed by atoms with Crippen molar-refractivity contribution >= 4 is 32.6 Å². The zero-order valence-corrected chi connectivity index (χ0v) is 15.3. The third-order valence-corrected chi connectivity index (χ3v) is 5.21. The molecule has 0 aliphatic rings. The molecule has 4 aromatic carbocycles. The summed E-state index contributed by atoms with van der Waals surface area (Å²) in [6.45, 7) is 3.61. The van der Waals surface area contributed by atoms with E-state index in [1.54, 1.807) is 13.8 Å². The van der Waals surface area contributed by atoms with Gasteiger partial charge in [0.25, 0.3) is 0 Å². The van der Waals surface area contributed by atoms with Crippen LogP contribution in [0.2, 0.25) is 0 Å². The van der Waals surface area contributed by atoms with Crippen molar-refractivity contribution < 1.29 is 5.11 Å². The first-order valence-corrected chi connectivity index (χ1v) is 9.15. The third-order valence-electron chi connectivity index (χ3n) is 5.21. The first-order chi connectivity index (χ1) is 13.0. The Kier molecular flexibility index (Phi) is 3.36. The molecule has 0 saturated carbocycles. The average Bonchev–Trinajstić information content (AvgIpc) is 3.13. The van der Waals surface area contributed by atoms with Gasteiger partial charge in [0.05, 0.1) is 16.6 Å². The van der Waals surface area contributed by atoms with E-state index in [1.165, 1.54) is 10.8 Å². The van der Waals surface area contributed by atoms with Crippen molar-refractivity contribution in [2.45, 2.75) is 19.4 Å².